The first kappa shape index (κ1) is 20.9. The largest absolute Gasteiger partial charge is 0.376 e. The lowest BCUT2D eigenvalue weighted by Crippen LogP contribution is -2.44. The molecule has 1 aliphatic rings. The lowest BCUT2D eigenvalue weighted by Gasteiger charge is -2.36. The zero-order valence-corrected chi connectivity index (χ0v) is 17.3. The molecule has 146 valence electrons. The Morgan fingerprint density at radius 3 is 3.12 bits per heavy atom. The molecule has 0 aliphatic carbocycles. The quantitative estimate of drug-likeness (QED) is 0.310. The average molecular weight is 379 g/mol. The van der Waals surface area contributed by atoms with Gasteiger partial charge in [-0.3, -0.25) is 9.89 Å². The van der Waals surface area contributed by atoms with E-state index in [4.69, 9.17) is 9.73 Å². The Kier molecular flexibility index (Phi) is 9.15. The number of morpholine rings is 1. The van der Waals surface area contributed by atoms with Crippen molar-refractivity contribution in [2.45, 2.75) is 38.8 Å². The number of guanidine groups is 1. The molecule has 1 saturated heterocycles. The van der Waals surface area contributed by atoms with Crippen molar-refractivity contribution in [3.8, 4) is 0 Å². The lowest BCUT2D eigenvalue weighted by molar-refractivity contribution is -0.0327. The van der Waals surface area contributed by atoms with Gasteiger partial charge in [0.2, 0.25) is 0 Å². The number of allylic oxidation sites excluding steroid dienone is 1. The highest BCUT2D eigenvalue weighted by atomic mass is 32.1. The van der Waals surface area contributed by atoms with Gasteiger partial charge in [0.25, 0.3) is 0 Å². The van der Waals surface area contributed by atoms with E-state index >= 15 is 0 Å². The SMILES string of the molecule is C=CCCCN(C)C(=NCC(c1cccs1)N1CCOC(C)C1)NCC. The van der Waals surface area contributed by atoms with Crippen molar-refractivity contribution in [1.29, 1.82) is 0 Å². The summed E-state index contributed by atoms with van der Waals surface area (Å²) in [4.78, 5) is 11.1. The van der Waals surface area contributed by atoms with Crippen LogP contribution in [0.3, 0.4) is 0 Å². The number of thiophene rings is 1. The van der Waals surface area contributed by atoms with Crippen LogP contribution in [0.25, 0.3) is 0 Å². The van der Waals surface area contributed by atoms with Gasteiger partial charge in [0.1, 0.15) is 0 Å². The summed E-state index contributed by atoms with van der Waals surface area (Å²) in [5, 5.41) is 5.59. The standard InChI is InChI=1S/C20H34N4OS/c1-5-7-8-11-23(4)20(21-6-2)22-15-18(19-10-9-14-26-19)24-12-13-25-17(3)16-24/h5,9-10,14,17-18H,1,6-8,11-13,15-16H2,2-4H3,(H,21,22). The van der Waals surface area contributed by atoms with Gasteiger partial charge in [-0.05, 0) is 38.1 Å². The van der Waals surface area contributed by atoms with Crippen molar-refractivity contribution in [2.24, 2.45) is 4.99 Å². The van der Waals surface area contributed by atoms with Crippen molar-refractivity contribution >= 4 is 17.3 Å². The number of nitrogens with zero attached hydrogens (tertiary/aromatic N) is 3. The van der Waals surface area contributed by atoms with E-state index in [1.165, 1.54) is 4.88 Å². The van der Waals surface area contributed by atoms with E-state index in [1.807, 2.05) is 17.4 Å². The monoisotopic (exact) mass is 378 g/mol. The number of hydrogen-bond acceptors (Lipinski definition) is 4. The minimum absolute atomic E-state index is 0.282. The van der Waals surface area contributed by atoms with E-state index in [1.54, 1.807) is 0 Å². The predicted molar refractivity (Wildman–Crippen MR) is 112 cm³/mol. The molecule has 1 aliphatic heterocycles. The van der Waals surface area contributed by atoms with Crippen LogP contribution < -0.4 is 5.32 Å². The van der Waals surface area contributed by atoms with Gasteiger partial charge in [0.05, 0.1) is 25.3 Å². The molecule has 1 N–H and O–H groups in total. The third-order valence-corrected chi connectivity index (χ3v) is 5.57. The molecule has 26 heavy (non-hydrogen) atoms. The highest BCUT2D eigenvalue weighted by molar-refractivity contribution is 7.10. The summed E-state index contributed by atoms with van der Waals surface area (Å²) in [6, 6.07) is 4.68. The normalized spacial score (nSPS) is 20.0. The summed E-state index contributed by atoms with van der Waals surface area (Å²) in [6.45, 7) is 13.4. The molecule has 1 fully saturated rings. The van der Waals surface area contributed by atoms with Gasteiger partial charge in [-0.15, -0.1) is 17.9 Å². The molecule has 0 spiro atoms. The van der Waals surface area contributed by atoms with Crippen molar-refractivity contribution in [3.63, 3.8) is 0 Å². The van der Waals surface area contributed by atoms with Crippen molar-refractivity contribution in [3.05, 3.63) is 35.0 Å². The summed E-state index contributed by atoms with van der Waals surface area (Å²) < 4.78 is 5.73. The number of rotatable bonds is 9. The van der Waals surface area contributed by atoms with E-state index in [0.29, 0.717) is 6.04 Å². The van der Waals surface area contributed by atoms with Crippen molar-refractivity contribution in [2.75, 3.05) is 46.4 Å². The third-order valence-electron chi connectivity index (χ3n) is 4.60. The first-order valence-corrected chi connectivity index (χ1v) is 10.5. The Hall–Kier alpha value is -1.37. The van der Waals surface area contributed by atoms with Gasteiger partial charge in [0.15, 0.2) is 5.96 Å². The molecule has 0 saturated carbocycles. The second-order valence-corrected chi connectivity index (χ2v) is 7.73. The highest BCUT2D eigenvalue weighted by Crippen LogP contribution is 2.27. The molecule has 0 bridgehead atoms. The van der Waals surface area contributed by atoms with Crippen LogP contribution in [0.5, 0.6) is 0 Å². The van der Waals surface area contributed by atoms with Crippen LogP contribution in [-0.2, 0) is 4.74 Å². The Morgan fingerprint density at radius 2 is 2.46 bits per heavy atom. The van der Waals surface area contributed by atoms with Crippen molar-refractivity contribution in [1.82, 2.24) is 15.1 Å². The van der Waals surface area contributed by atoms with Crippen LogP contribution in [0.1, 0.15) is 37.6 Å². The van der Waals surface area contributed by atoms with Gasteiger partial charge in [-0.2, -0.15) is 0 Å². The second-order valence-electron chi connectivity index (χ2n) is 6.75. The highest BCUT2D eigenvalue weighted by Gasteiger charge is 2.26. The molecular weight excluding hydrogens is 344 g/mol. The molecule has 2 rings (SSSR count). The Balaban J connectivity index is 2.08. The molecule has 0 radical (unpaired) electrons. The Bertz CT molecular complexity index is 546. The molecule has 0 aromatic carbocycles. The number of unbranched alkanes of at least 4 members (excludes halogenated alkanes) is 1. The van der Waals surface area contributed by atoms with Crippen LogP contribution in [0.4, 0.5) is 0 Å². The van der Waals surface area contributed by atoms with E-state index in [0.717, 1.165) is 58.1 Å². The summed E-state index contributed by atoms with van der Waals surface area (Å²) >= 11 is 1.82. The Labute approximate surface area is 162 Å². The van der Waals surface area contributed by atoms with Gasteiger partial charge < -0.3 is 15.0 Å². The molecule has 2 unspecified atom stereocenters. The minimum atomic E-state index is 0.282. The number of nitrogens with one attached hydrogen (secondary N) is 1. The smallest absolute Gasteiger partial charge is 0.193 e. The molecule has 2 heterocycles. The maximum absolute atomic E-state index is 5.73. The van der Waals surface area contributed by atoms with Gasteiger partial charge >= 0.3 is 0 Å². The van der Waals surface area contributed by atoms with E-state index in [-0.39, 0.29) is 6.10 Å². The average Bonchev–Trinajstić information content (AvgIpc) is 3.15. The zero-order chi connectivity index (χ0) is 18.8. The zero-order valence-electron chi connectivity index (χ0n) is 16.5. The first-order chi connectivity index (χ1) is 12.7. The maximum Gasteiger partial charge on any atom is 0.193 e. The number of hydrogen-bond donors (Lipinski definition) is 1. The predicted octanol–water partition coefficient (Wildman–Crippen LogP) is 3.37. The topological polar surface area (TPSA) is 40.1 Å². The van der Waals surface area contributed by atoms with E-state index in [9.17, 15) is 0 Å². The second kappa shape index (κ2) is 11.4. The molecule has 6 heteroatoms. The fourth-order valence-corrected chi connectivity index (χ4v) is 4.07. The molecule has 1 aromatic heterocycles. The van der Waals surface area contributed by atoms with Crippen LogP contribution in [0.15, 0.2) is 35.2 Å². The van der Waals surface area contributed by atoms with Gasteiger partial charge in [0, 0.05) is 38.1 Å². The minimum Gasteiger partial charge on any atom is -0.376 e. The molecule has 1 aromatic rings. The maximum atomic E-state index is 5.73. The summed E-state index contributed by atoms with van der Waals surface area (Å²) in [7, 11) is 2.11. The van der Waals surface area contributed by atoms with Crippen LogP contribution in [0, 0.1) is 0 Å². The molecule has 2 atom stereocenters. The molecular formula is C20H34N4OS. The van der Waals surface area contributed by atoms with E-state index < -0.39 is 0 Å². The fourth-order valence-electron chi connectivity index (χ4n) is 3.22. The number of ether oxygens (including phenoxy) is 1. The third kappa shape index (κ3) is 6.41. The summed E-state index contributed by atoms with van der Waals surface area (Å²) in [6.07, 6.45) is 4.39. The fraction of sp³-hybridized carbons (Fsp3) is 0.650. The summed E-state index contributed by atoms with van der Waals surface area (Å²) in [5.41, 5.74) is 0. The van der Waals surface area contributed by atoms with Crippen LogP contribution >= 0.6 is 11.3 Å². The molecule has 0 amide bonds. The molecule has 5 nitrogen and oxygen atoms in total. The summed E-state index contributed by atoms with van der Waals surface area (Å²) in [5.74, 6) is 0.986. The lowest BCUT2D eigenvalue weighted by atomic mass is 10.1. The van der Waals surface area contributed by atoms with Gasteiger partial charge in [-0.25, -0.2) is 0 Å². The van der Waals surface area contributed by atoms with Crippen molar-refractivity contribution < 1.29 is 4.74 Å². The van der Waals surface area contributed by atoms with Gasteiger partial charge in [-0.1, -0.05) is 12.1 Å². The number of aliphatic imine (C=N–C) groups is 1. The van der Waals surface area contributed by atoms with E-state index in [2.05, 4.69) is 60.1 Å². The Morgan fingerprint density at radius 1 is 1.62 bits per heavy atom. The van der Waals surface area contributed by atoms with Crippen LogP contribution in [-0.4, -0.2) is 68.2 Å². The van der Waals surface area contributed by atoms with Crippen LogP contribution in [0.2, 0.25) is 0 Å². The first-order valence-electron chi connectivity index (χ1n) is 9.65.